The van der Waals surface area contributed by atoms with Gasteiger partial charge in [-0.2, -0.15) is 0 Å². The van der Waals surface area contributed by atoms with Gasteiger partial charge in [0, 0.05) is 30.7 Å². The summed E-state index contributed by atoms with van der Waals surface area (Å²) in [5.74, 6) is 0.748. The molecule has 0 amide bonds. The highest BCUT2D eigenvalue weighted by Crippen LogP contribution is 2.35. The molecular formula is C13H15ClN2O. The minimum atomic E-state index is 0.679. The minimum Gasteiger partial charge on any atom is -0.495 e. The van der Waals surface area contributed by atoms with Crippen molar-refractivity contribution in [1.82, 2.24) is 9.88 Å². The van der Waals surface area contributed by atoms with Crippen LogP contribution >= 0.6 is 11.6 Å². The highest BCUT2D eigenvalue weighted by atomic mass is 35.5. The van der Waals surface area contributed by atoms with E-state index in [1.807, 2.05) is 12.1 Å². The number of ether oxygens (including phenoxy) is 1. The fourth-order valence-electron chi connectivity index (χ4n) is 2.61. The summed E-state index contributed by atoms with van der Waals surface area (Å²) in [4.78, 5) is 0. The first kappa shape index (κ1) is 10.9. The highest BCUT2D eigenvalue weighted by molar-refractivity contribution is 6.32. The van der Waals surface area contributed by atoms with Crippen LogP contribution < -0.4 is 10.1 Å². The van der Waals surface area contributed by atoms with Crippen LogP contribution in [-0.2, 0) is 13.1 Å². The van der Waals surface area contributed by atoms with Crippen LogP contribution in [0.15, 0.2) is 12.1 Å². The Balaban J connectivity index is 2.34. The number of methoxy groups -OCH3 is 1. The van der Waals surface area contributed by atoms with E-state index >= 15 is 0 Å². The molecule has 3 rings (SSSR count). The summed E-state index contributed by atoms with van der Waals surface area (Å²) in [5.41, 5.74) is 3.89. The first-order valence-electron chi connectivity index (χ1n) is 5.78. The Morgan fingerprint density at radius 1 is 1.41 bits per heavy atom. The van der Waals surface area contributed by atoms with Crippen LogP contribution in [0.3, 0.4) is 0 Å². The lowest BCUT2D eigenvalue weighted by Crippen LogP contribution is -2.27. The van der Waals surface area contributed by atoms with Gasteiger partial charge in [0.05, 0.1) is 17.6 Å². The molecule has 2 heterocycles. The van der Waals surface area contributed by atoms with Crippen molar-refractivity contribution in [1.29, 1.82) is 0 Å². The van der Waals surface area contributed by atoms with Crippen molar-refractivity contribution in [2.75, 3.05) is 13.7 Å². The van der Waals surface area contributed by atoms with Crippen LogP contribution in [0.4, 0.5) is 0 Å². The summed E-state index contributed by atoms with van der Waals surface area (Å²) < 4.78 is 7.64. The van der Waals surface area contributed by atoms with Crippen LogP contribution in [0, 0.1) is 6.92 Å². The minimum absolute atomic E-state index is 0.679. The number of rotatable bonds is 1. The van der Waals surface area contributed by atoms with Crippen LogP contribution in [0.5, 0.6) is 5.75 Å². The third kappa shape index (κ3) is 1.53. The van der Waals surface area contributed by atoms with E-state index in [9.17, 15) is 0 Å². The quantitative estimate of drug-likeness (QED) is 0.842. The van der Waals surface area contributed by atoms with Crippen molar-refractivity contribution >= 4 is 22.5 Å². The zero-order chi connectivity index (χ0) is 12.0. The lowest BCUT2D eigenvalue weighted by Gasteiger charge is -2.18. The molecule has 90 valence electrons. The third-order valence-electron chi connectivity index (χ3n) is 3.53. The van der Waals surface area contributed by atoms with Crippen molar-refractivity contribution in [3.63, 3.8) is 0 Å². The summed E-state index contributed by atoms with van der Waals surface area (Å²) in [6, 6.07) is 4.05. The second-order valence-corrected chi connectivity index (χ2v) is 4.81. The molecule has 0 aliphatic carbocycles. The summed E-state index contributed by atoms with van der Waals surface area (Å²) in [6.45, 7) is 5.11. The van der Waals surface area contributed by atoms with Crippen molar-refractivity contribution in [3.05, 3.63) is 28.4 Å². The summed E-state index contributed by atoms with van der Waals surface area (Å²) in [7, 11) is 1.65. The molecule has 1 aromatic heterocycles. The molecular weight excluding hydrogens is 236 g/mol. The molecule has 0 bridgehead atoms. The largest absolute Gasteiger partial charge is 0.495 e. The van der Waals surface area contributed by atoms with Gasteiger partial charge in [-0.05, 0) is 24.6 Å². The monoisotopic (exact) mass is 250 g/mol. The Hall–Kier alpha value is -1.19. The molecule has 2 aromatic rings. The van der Waals surface area contributed by atoms with Crippen LogP contribution in [0.2, 0.25) is 5.02 Å². The van der Waals surface area contributed by atoms with Gasteiger partial charge in [0.2, 0.25) is 0 Å². The Labute approximate surface area is 105 Å². The number of fused-ring (bicyclic) bond motifs is 3. The normalized spacial score (nSPS) is 15.0. The number of nitrogens with zero attached hydrogens (tertiary/aromatic N) is 1. The van der Waals surface area contributed by atoms with Crippen molar-refractivity contribution in [2.24, 2.45) is 0 Å². The van der Waals surface area contributed by atoms with E-state index in [4.69, 9.17) is 16.3 Å². The maximum Gasteiger partial charge on any atom is 0.138 e. The van der Waals surface area contributed by atoms with E-state index in [1.165, 1.54) is 22.2 Å². The second kappa shape index (κ2) is 3.93. The van der Waals surface area contributed by atoms with Gasteiger partial charge in [0.1, 0.15) is 5.75 Å². The number of hydrogen-bond acceptors (Lipinski definition) is 2. The van der Waals surface area contributed by atoms with E-state index < -0.39 is 0 Å². The third-order valence-corrected chi connectivity index (χ3v) is 3.82. The molecule has 3 nitrogen and oxygen atoms in total. The Bertz CT molecular complexity index is 589. The average Bonchev–Trinajstić information content (AvgIpc) is 2.63. The number of aromatic nitrogens is 1. The standard InChI is InChI=1S/C13H15ClN2O/c1-8-9-5-13(17-2)10(14)6-11(9)16-4-3-15-7-12(8)16/h5-6,15H,3-4,7H2,1-2H3. The predicted molar refractivity (Wildman–Crippen MR) is 69.9 cm³/mol. The molecule has 0 spiro atoms. The number of benzene rings is 1. The Morgan fingerprint density at radius 2 is 2.24 bits per heavy atom. The lowest BCUT2D eigenvalue weighted by molar-refractivity contribution is 0.415. The van der Waals surface area contributed by atoms with Gasteiger partial charge in [0.15, 0.2) is 0 Å². The maximum atomic E-state index is 6.20. The molecule has 0 radical (unpaired) electrons. The first-order valence-corrected chi connectivity index (χ1v) is 6.16. The Morgan fingerprint density at radius 3 is 3.00 bits per heavy atom. The summed E-state index contributed by atoms with van der Waals surface area (Å²) >= 11 is 6.20. The average molecular weight is 251 g/mol. The molecule has 1 N–H and O–H groups in total. The predicted octanol–water partition coefficient (Wildman–Crippen LogP) is 2.71. The molecule has 0 saturated carbocycles. The molecule has 1 aromatic carbocycles. The number of aryl methyl sites for hydroxylation is 1. The SMILES string of the molecule is COc1cc2c(C)c3n(c2cc1Cl)CCNC3. The Kier molecular flexibility index (Phi) is 2.53. The van der Waals surface area contributed by atoms with E-state index in [-0.39, 0.29) is 0 Å². The smallest absolute Gasteiger partial charge is 0.138 e. The van der Waals surface area contributed by atoms with Crippen molar-refractivity contribution in [2.45, 2.75) is 20.0 Å². The van der Waals surface area contributed by atoms with Gasteiger partial charge in [-0.15, -0.1) is 0 Å². The molecule has 0 unspecified atom stereocenters. The van der Waals surface area contributed by atoms with Gasteiger partial charge >= 0.3 is 0 Å². The van der Waals surface area contributed by atoms with E-state index in [0.29, 0.717) is 5.02 Å². The maximum absolute atomic E-state index is 6.20. The van der Waals surface area contributed by atoms with E-state index in [0.717, 1.165) is 25.4 Å². The zero-order valence-electron chi connectivity index (χ0n) is 10.0. The van der Waals surface area contributed by atoms with Crippen LogP contribution in [0.25, 0.3) is 10.9 Å². The van der Waals surface area contributed by atoms with Gasteiger partial charge in [0.25, 0.3) is 0 Å². The highest BCUT2D eigenvalue weighted by Gasteiger charge is 2.18. The molecule has 17 heavy (non-hydrogen) atoms. The van der Waals surface area contributed by atoms with E-state index in [1.54, 1.807) is 7.11 Å². The second-order valence-electron chi connectivity index (χ2n) is 4.40. The number of halogens is 1. The van der Waals surface area contributed by atoms with Crippen LogP contribution in [0.1, 0.15) is 11.3 Å². The van der Waals surface area contributed by atoms with Gasteiger partial charge < -0.3 is 14.6 Å². The topological polar surface area (TPSA) is 26.2 Å². The van der Waals surface area contributed by atoms with Crippen molar-refractivity contribution in [3.8, 4) is 5.75 Å². The van der Waals surface area contributed by atoms with Crippen LogP contribution in [-0.4, -0.2) is 18.2 Å². The molecule has 0 fully saturated rings. The molecule has 4 heteroatoms. The van der Waals surface area contributed by atoms with Gasteiger partial charge in [-0.3, -0.25) is 0 Å². The summed E-state index contributed by atoms with van der Waals surface area (Å²) in [5, 5.41) is 5.32. The number of hydrogen-bond donors (Lipinski definition) is 1. The summed E-state index contributed by atoms with van der Waals surface area (Å²) in [6.07, 6.45) is 0. The zero-order valence-corrected chi connectivity index (χ0v) is 10.8. The first-order chi connectivity index (χ1) is 8.22. The van der Waals surface area contributed by atoms with E-state index in [2.05, 4.69) is 16.8 Å². The molecule has 0 atom stereocenters. The van der Waals surface area contributed by atoms with Crippen molar-refractivity contribution < 1.29 is 4.74 Å². The molecule has 1 aliphatic heterocycles. The lowest BCUT2D eigenvalue weighted by atomic mass is 10.1. The fourth-order valence-corrected chi connectivity index (χ4v) is 2.84. The number of nitrogens with one attached hydrogen (secondary N) is 1. The van der Waals surface area contributed by atoms with Gasteiger partial charge in [-0.1, -0.05) is 11.6 Å². The molecule has 0 saturated heterocycles. The van der Waals surface area contributed by atoms with Gasteiger partial charge in [-0.25, -0.2) is 0 Å². The fraction of sp³-hybridized carbons (Fsp3) is 0.385. The molecule has 1 aliphatic rings.